The van der Waals surface area contributed by atoms with Crippen molar-refractivity contribution in [1.29, 1.82) is 0 Å². The summed E-state index contributed by atoms with van der Waals surface area (Å²) in [5.74, 6) is 0.710. The van der Waals surface area contributed by atoms with Gasteiger partial charge in [0.15, 0.2) is 0 Å². The number of amides is 1. The van der Waals surface area contributed by atoms with E-state index in [1.165, 1.54) is 6.33 Å². The summed E-state index contributed by atoms with van der Waals surface area (Å²) in [5, 5.41) is 7.12. The van der Waals surface area contributed by atoms with Crippen molar-refractivity contribution in [3.05, 3.63) is 23.3 Å². The molecule has 0 fully saturated rings. The van der Waals surface area contributed by atoms with Gasteiger partial charge in [-0.25, -0.2) is 9.50 Å². The van der Waals surface area contributed by atoms with Crippen molar-refractivity contribution in [2.24, 2.45) is 0 Å². The van der Waals surface area contributed by atoms with Crippen molar-refractivity contribution < 1.29 is 4.79 Å². The SMILES string of the molecule is CCCCCNC(=O)CCc1c(C)nc2ncnn2c1C. The summed E-state index contributed by atoms with van der Waals surface area (Å²) < 4.78 is 1.72. The maximum atomic E-state index is 11.8. The number of nitrogens with one attached hydrogen (secondary N) is 1. The predicted octanol–water partition coefficient (Wildman–Crippen LogP) is 1.98. The highest BCUT2D eigenvalue weighted by Gasteiger charge is 2.12. The van der Waals surface area contributed by atoms with E-state index in [0.717, 1.165) is 42.8 Å². The predicted molar refractivity (Wildman–Crippen MR) is 81.1 cm³/mol. The van der Waals surface area contributed by atoms with Crippen LogP contribution in [0.15, 0.2) is 6.33 Å². The molecular weight excluding hydrogens is 266 g/mol. The minimum Gasteiger partial charge on any atom is -0.356 e. The molecule has 2 heterocycles. The number of unbranched alkanes of at least 4 members (excludes halogenated alkanes) is 2. The number of hydrogen-bond acceptors (Lipinski definition) is 4. The van der Waals surface area contributed by atoms with Gasteiger partial charge in [-0.2, -0.15) is 10.1 Å². The lowest BCUT2D eigenvalue weighted by Gasteiger charge is -2.10. The molecule has 0 aromatic carbocycles. The van der Waals surface area contributed by atoms with Gasteiger partial charge >= 0.3 is 0 Å². The first-order chi connectivity index (χ1) is 10.1. The van der Waals surface area contributed by atoms with Gasteiger partial charge in [0.25, 0.3) is 5.78 Å². The molecule has 0 atom stereocenters. The van der Waals surface area contributed by atoms with Crippen molar-refractivity contribution in [2.75, 3.05) is 6.54 Å². The second kappa shape index (κ2) is 7.15. The lowest BCUT2D eigenvalue weighted by molar-refractivity contribution is -0.121. The summed E-state index contributed by atoms with van der Waals surface area (Å²) in [6, 6.07) is 0. The molecule has 114 valence electrons. The van der Waals surface area contributed by atoms with E-state index in [0.29, 0.717) is 18.6 Å². The highest BCUT2D eigenvalue weighted by atomic mass is 16.1. The fourth-order valence-electron chi connectivity index (χ4n) is 2.45. The van der Waals surface area contributed by atoms with E-state index in [4.69, 9.17) is 0 Å². The maximum absolute atomic E-state index is 11.8. The molecule has 0 radical (unpaired) electrons. The third kappa shape index (κ3) is 3.77. The Morgan fingerprint density at radius 1 is 1.33 bits per heavy atom. The van der Waals surface area contributed by atoms with Crippen LogP contribution in [0.4, 0.5) is 0 Å². The lowest BCUT2D eigenvalue weighted by atomic mass is 10.1. The fraction of sp³-hybridized carbons (Fsp3) is 0.600. The molecule has 2 aromatic rings. The Hall–Kier alpha value is -1.98. The summed E-state index contributed by atoms with van der Waals surface area (Å²) in [7, 11) is 0. The standard InChI is InChI=1S/C15H23N5O/c1-4-5-6-9-16-14(21)8-7-13-11(2)19-15-17-10-18-20(15)12(13)3/h10H,4-9H2,1-3H3,(H,16,21). The van der Waals surface area contributed by atoms with E-state index in [2.05, 4.69) is 27.3 Å². The van der Waals surface area contributed by atoms with Crippen LogP contribution in [0, 0.1) is 13.8 Å². The summed E-state index contributed by atoms with van der Waals surface area (Å²) in [6.07, 6.45) is 6.03. The van der Waals surface area contributed by atoms with Crippen LogP contribution in [-0.2, 0) is 11.2 Å². The molecule has 21 heavy (non-hydrogen) atoms. The van der Waals surface area contributed by atoms with Gasteiger partial charge in [0, 0.05) is 24.4 Å². The normalized spacial score (nSPS) is 11.0. The maximum Gasteiger partial charge on any atom is 0.252 e. The molecular formula is C15H23N5O. The molecule has 0 aliphatic rings. The van der Waals surface area contributed by atoms with Crippen LogP contribution in [0.2, 0.25) is 0 Å². The topological polar surface area (TPSA) is 72.2 Å². The van der Waals surface area contributed by atoms with Crippen molar-refractivity contribution in [1.82, 2.24) is 24.9 Å². The second-order valence-corrected chi connectivity index (χ2v) is 5.29. The number of aryl methyl sites for hydroxylation is 2. The van der Waals surface area contributed by atoms with Crippen molar-refractivity contribution in [3.8, 4) is 0 Å². The molecule has 6 heteroatoms. The Bertz CT molecular complexity index is 620. The molecule has 6 nitrogen and oxygen atoms in total. The number of fused-ring (bicyclic) bond motifs is 1. The highest BCUT2D eigenvalue weighted by molar-refractivity contribution is 5.76. The Morgan fingerprint density at radius 2 is 2.14 bits per heavy atom. The molecule has 0 bridgehead atoms. The second-order valence-electron chi connectivity index (χ2n) is 5.29. The fourth-order valence-corrected chi connectivity index (χ4v) is 2.45. The average Bonchev–Trinajstić information content (AvgIpc) is 2.91. The zero-order valence-electron chi connectivity index (χ0n) is 13.0. The van der Waals surface area contributed by atoms with Gasteiger partial charge in [0.1, 0.15) is 6.33 Å². The quantitative estimate of drug-likeness (QED) is 0.791. The number of nitrogens with zero attached hydrogens (tertiary/aromatic N) is 4. The van der Waals surface area contributed by atoms with E-state index < -0.39 is 0 Å². The van der Waals surface area contributed by atoms with Gasteiger partial charge in [-0.15, -0.1) is 0 Å². The van der Waals surface area contributed by atoms with Crippen LogP contribution < -0.4 is 5.32 Å². The van der Waals surface area contributed by atoms with Gasteiger partial charge in [-0.1, -0.05) is 19.8 Å². The van der Waals surface area contributed by atoms with Crippen LogP contribution in [0.1, 0.15) is 49.6 Å². The summed E-state index contributed by atoms with van der Waals surface area (Å²) in [5.41, 5.74) is 3.01. The number of hydrogen-bond donors (Lipinski definition) is 1. The monoisotopic (exact) mass is 289 g/mol. The van der Waals surface area contributed by atoms with Crippen molar-refractivity contribution >= 4 is 11.7 Å². The van der Waals surface area contributed by atoms with Crippen LogP contribution in [0.25, 0.3) is 5.78 Å². The molecule has 0 aliphatic carbocycles. The molecule has 0 saturated carbocycles. The number of aromatic nitrogens is 4. The van der Waals surface area contributed by atoms with E-state index in [-0.39, 0.29) is 5.91 Å². The zero-order chi connectivity index (χ0) is 15.2. The minimum atomic E-state index is 0.101. The molecule has 1 N–H and O–H groups in total. The third-order valence-electron chi connectivity index (χ3n) is 3.69. The highest BCUT2D eigenvalue weighted by Crippen LogP contribution is 2.14. The minimum absolute atomic E-state index is 0.101. The van der Waals surface area contributed by atoms with Gasteiger partial charge in [0.2, 0.25) is 5.91 Å². The van der Waals surface area contributed by atoms with Gasteiger partial charge in [-0.3, -0.25) is 4.79 Å². The van der Waals surface area contributed by atoms with Crippen LogP contribution >= 0.6 is 0 Å². The molecule has 0 saturated heterocycles. The molecule has 1 amide bonds. The van der Waals surface area contributed by atoms with Gasteiger partial charge in [-0.05, 0) is 32.3 Å². The molecule has 2 aromatic heterocycles. The summed E-state index contributed by atoms with van der Waals surface area (Å²) in [4.78, 5) is 20.4. The number of rotatable bonds is 7. The number of carbonyl (C=O) groups excluding carboxylic acids is 1. The van der Waals surface area contributed by atoms with Crippen LogP contribution in [-0.4, -0.2) is 32.0 Å². The Balaban J connectivity index is 1.95. The summed E-state index contributed by atoms with van der Waals surface area (Å²) in [6.45, 7) is 6.87. The Labute approximate surface area is 125 Å². The lowest BCUT2D eigenvalue weighted by Crippen LogP contribution is -2.25. The first-order valence-electron chi connectivity index (χ1n) is 7.56. The zero-order valence-corrected chi connectivity index (χ0v) is 13.0. The van der Waals surface area contributed by atoms with Gasteiger partial charge in [0.05, 0.1) is 0 Å². The molecule has 0 unspecified atom stereocenters. The van der Waals surface area contributed by atoms with E-state index in [1.807, 2.05) is 13.8 Å². The van der Waals surface area contributed by atoms with Crippen molar-refractivity contribution in [3.63, 3.8) is 0 Å². The average molecular weight is 289 g/mol. The van der Waals surface area contributed by atoms with E-state index >= 15 is 0 Å². The van der Waals surface area contributed by atoms with E-state index in [9.17, 15) is 4.79 Å². The Kier molecular flexibility index (Phi) is 5.25. The van der Waals surface area contributed by atoms with Gasteiger partial charge < -0.3 is 5.32 Å². The molecule has 0 aliphatic heterocycles. The molecule has 2 rings (SSSR count). The smallest absolute Gasteiger partial charge is 0.252 e. The van der Waals surface area contributed by atoms with Crippen LogP contribution in [0.5, 0.6) is 0 Å². The molecule has 0 spiro atoms. The first-order valence-corrected chi connectivity index (χ1v) is 7.56. The van der Waals surface area contributed by atoms with E-state index in [1.54, 1.807) is 4.52 Å². The summed E-state index contributed by atoms with van der Waals surface area (Å²) >= 11 is 0. The van der Waals surface area contributed by atoms with Crippen LogP contribution in [0.3, 0.4) is 0 Å². The van der Waals surface area contributed by atoms with Crippen molar-refractivity contribution in [2.45, 2.75) is 52.9 Å². The Morgan fingerprint density at radius 3 is 2.90 bits per heavy atom. The third-order valence-corrected chi connectivity index (χ3v) is 3.69. The first kappa shape index (κ1) is 15.4. The number of carbonyl (C=O) groups is 1. The largest absolute Gasteiger partial charge is 0.356 e.